The van der Waals surface area contributed by atoms with Crippen LogP contribution in [0.4, 0.5) is 18.3 Å². The van der Waals surface area contributed by atoms with Crippen LogP contribution in [-0.4, -0.2) is 40.9 Å². The normalized spacial score (nSPS) is 11.3. The molecule has 1 aromatic carbocycles. The smallest absolute Gasteiger partial charge is 0.422 e. The largest absolute Gasteiger partial charge is 0.491 e. The average Bonchev–Trinajstić information content (AvgIpc) is 3.00. The molecule has 11 heteroatoms. The van der Waals surface area contributed by atoms with Crippen molar-refractivity contribution in [2.24, 2.45) is 0 Å². The molecule has 0 unspecified atom stereocenters. The molecule has 0 spiro atoms. The molecule has 0 saturated heterocycles. The van der Waals surface area contributed by atoms with Gasteiger partial charge in [-0.3, -0.25) is 10.1 Å². The van der Waals surface area contributed by atoms with Gasteiger partial charge in [-0.05, 0) is 26.0 Å². The maximum atomic E-state index is 12.4. The van der Waals surface area contributed by atoms with E-state index in [0.29, 0.717) is 0 Å². The van der Waals surface area contributed by atoms with E-state index in [1.807, 2.05) is 0 Å². The van der Waals surface area contributed by atoms with Crippen LogP contribution < -0.4 is 14.8 Å². The Balaban J connectivity index is 2.23. The van der Waals surface area contributed by atoms with Crippen LogP contribution in [0.1, 0.15) is 33.9 Å². The molecule has 2 aromatic rings. The van der Waals surface area contributed by atoms with E-state index in [2.05, 4.69) is 10.3 Å². The van der Waals surface area contributed by atoms with Gasteiger partial charge >= 0.3 is 12.1 Å². The SMILES string of the molecule is CC(C)Oc1cc(OCC(F)(F)F)cc(C(=O)Nc2ncc(C(=O)O)s2)c1. The third kappa shape index (κ3) is 6.44. The molecule has 1 aromatic heterocycles. The summed E-state index contributed by atoms with van der Waals surface area (Å²) in [5, 5.41) is 11.3. The summed E-state index contributed by atoms with van der Waals surface area (Å²) in [6, 6.07) is 3.70. The first-order valence-corrected chi connectivity index (χ1v) is 8.37. The lowest BCUT2D eigenvalue weighted by molar-refractivity contribution is -0.153. The molecule has 0 atom stereocenters. The second-order valence-electron chi connectivity index (χ2n) is 5.55. The second kappa shape index (κ2) is 8.25. The van der Waals surface area contributed by atoms with Gasteiger partial charge in [0, 0.05) is 11.6 Å². The lowest BCUT2D eigenvalue weighted by Crippen LogP contribution is -2.20. The number of amides is 1. The van der Waals surface area contributed by atoms with E-state index in [4.69, 9.17) is 14.6 Å². The summed E-state index contributed by atoms with van der Waals surface area (Å²) < 4.78 is 47.3. The van der Waals surface area contributed by atoms with Gasteiger partial charge in [0.15, 0.2) is 11.7 Å². The Bertz CT molecular complexity index is 836. The van der Waals surface area contributed by atoms with E-state index >= 15 is 0 Å². The van der Waals surface area contributed by atoms with Crippen LogP contribution in [0.15, 0.2) is 24.4 Å². The summed E-state index contributed by atoms with van der Waals surface area (Å²) in [5.41, 5.74) is -0.0302. The van der Waals surface area contributed by atoms with Gasteiger partial charge in [-0.15, -0.1) is 0 Å². The molecule has 2 rings (SSSR count). The lowest BCUT2D eigenvalue weighted by atomic mass is 10.2. The molecule has 1 amide bonds. The fourth-order valence-electron chi connectivity index (χ4n) is 1.89. The summed E-state index contributed by atoms with van der Waals surface area (Å²) in [6.45, 7) is 1.91. The van der Waals surface area contributed by atoms with Crippen molar-refractivity contribution >= 4 is 28.3 Å². The predicted octanol–water partition coefficient (Wildman–Crippen LogP) is 3.82. The molecular weight excluding hydrogens is 389 g/mol. The molecule has 0 saturated carbocycles. The van der Waals surface area contributed by atoms with Crippen LogP contribution in [-0.2, 0) is 0 Å². The van der Waals surface area contributed by atoms with Gasteiger partial charge in [0.25, 0.3) is 5.91 Å². The van der Waals surface area contributed by atoms with E-state index in [1.165, 1.54) is 12.1 Å². The van der Waals surface area contributed by atoms with E-state index in [-0.39, 0.29) is 33.2 Å². The first kappa shape index (κ1) is 20.5. The number of thiazole rings is 1. The van der Waals surface area contributed by atoms with Crippen molar-refractivity contribution in [3.05, 3.63) is 34.8 Å². The second-order valence-corrected chi connectivity index (χ2v) is 6.58. The molecule has 0 aliphatic carbocycles. The first-order valence-electron chi connectivity index (χ1n) is 7.55. The summed E-state index contributed by atoms with van der Waals surface area (Å²) in [7, 11) is 0. The topological polar surface area (TPSA) is 97.8 Å². The Hall–Kier alpha value is -2.82. The van der Waals surface area contributed by atoms with Gasteiger partial charge in [0.05, 0.1) is 12.3 Å². The Morgan fingerprint density at radius 3 is 2.48 bits per heavy atom. The molecule has 2 N–H and O–H groups in total. The number of carboxylic acids is 1. The van der Waals surface area contributed by atoms with Crippen LogP contribution in [0.2, 0.25) is 0 Å². The van der Waals surface area contributed by atoms with Crippen molar-refractivity contribution in [2.75, 3.05) is 11.9 Å². The highest BCUT2D eigenvalue weighted by atomic mass is 32.1. The minimum atomic E-state index is -4.54. The molecule has 0 radical (unpaired) electrons. The van der Waals surface area contributed by atoms with Crippen molar-refractivity contribution < 1.29 is 37.3 Å². The number of ether oxygens (including phenoxy) is 2. The molecular formula is C16H15F3N2O5S. The first-order chi connectivity index (χ1) is 12.5. The number of hydrogen-bond donors (Lipinski definition) is 2. The molecule has 27 heavy (non-hydrogen) atoms. The molecule has 0 fully saturated rings. The molecule has 7 nitrogen and oxygen atoms in total. The van der Waals surface area contributed by atoms with Crippen molar-refractivity contribution in [3.63, 3.8) is 0 Å². The predicted molar refractivity (Wildman–Crippen MR) is 90.8 cm³/mol. The van der Waals surface area contributed by atoms with Gasteiger partial charge in [-0.2, -0.15) is 13.2 Å². The standard InChI is InChI=1S/C16H15F3N2O5S/c1-8(2)26-11-4-9(3-10(5-11)25-7-16(17,18)19)13(22)21-15-20-6-12(27-15)14(23)24/h3-6,8H,7H2,1-2H3,(H,23,24)(H,20,21,22). The molecule has 1 heterocycles. The van der Waals surface area contributed by atoms with E-state index in [9.17, 15) is 22.8 Å². The fraction of sp³-hybridized carbons (Fsp3) is 0.312. The Labute approximate surface area is 155 Å². The Kier molecular flexibility index (Phi) is 6.26. The summed E-state index contributed by atoms with van der Waals surface area (Å²) >= 11 is 0.743. The average molecular weight is 404 g/mol. The van der Waals surface area contributed by atoms with Crippen LogP contribution >= 0.6 is 11.3 Å². The van der Waals surface area contributed by atoms with Gasteiger partial charge in [0.2, 0.25) is 0 Å². The van der Waals surface area contributed by atoms with Crippen molar-refractivity contribution in [2.45, 2.75) is 26.1 Å². The zero-order chi connectivity index (χ0) is 20.2. The maximum Gasteiger partial charge on any atom is 0.422 e. The van der Waals surface area contributed by atoms with E-state index in [1.54, 1.807) is 13.8 Å². The van der Waals surface area contributed by atoms with E-state index < -0.39 is 24.7 Å². The number of nitrogens with zero attached hydrogens (tertiary/aromatic N) is 1. The van der Waals surface area contributed by atoms with Gasteiger partial charge in [0.1, 0.15) is 16.4 Å². The van der Waals surface area contributed by atoms with Gasteiger partial charge < -0.3 is 14.6 Å². The molecule has 0 bridgehead atoms. The zero-order valence-corrected chi connectivity index (χ0v) is 15.0. The zero-order valence-electron chi connectivity index (χ0n) is 14.2. The molecule has 0 aliphatic heterocycles. The minimum Gasteiger partial charge on any atom is -0.491 e. The number of benzene rings is 1. The number of aromatic nitrogens is 1. The maximum absolute atomic E-state index is 12.4. The fourth-order valence-corrected chi connectivity index (χ4v) is 2.54. The van der Waals surface area contributed by atoms with Crippen LogP contribution in [0.25, 0.3) is 0 Å². The number of carbonyl (C=O) groups is 2. The minimum absolute atomic E-state index is 0.0302. The number of aromatic carboxylic acids is 1. The summed E-state index contributed by atoms with van der Waals surface area (Å²) in [5.74, 6) is -1.93. The van der Waals surface area contributed by atoms with Crippen LogP contribution in [0.5, 0.6) is 11.5 Å². The van der Waals surface area contributed by atoms with Gasteiger partial charge in [-0.1, -0.05) is 11.3 Å². The number of alkyl halides is 3. The quantitative estimate of drug-likeness (QED) is 0.728. The molecule has 0 aliphatic rings. The van der Waals surface area contributed by atoms with Crippen LogP contribution in [0.3, 0.4) is 0 Å². The number of rotatable bonds is 7. The number of carboxylic acid groups (broad SMARTS) is 1. The summed E-state index contributed by atoms with van der Waals surface area (Å²) in [6.07, 6.45) is -3.74. The highest BCUT2D eigenvalue weighted by Crippen LogP contribution is 2.27. The molecule has 146 valence electrons. The van der Waals surface area contributed by atoms with Crippen LogP contribution in [0, 0.1) is 0 Å². The summed E-state index contributed by atoms with van der Waals surface area (Å²) in [4.78, 5) is 26.9. The Morgan fingerprint density at radius 1 is 1.26 bits per heavy atom. The lowest BCUT2D eigenvalue weighted by Gasteiger charge is -2.14. The third-order valence-corrected chi connectivity index (χ3v) is 3.75. The highest BCUT2D eigenvalue weighted by molar-refractivity contribution is 7.17. The third-order valence-electron chi connectivity index (χ3n) is 2.85. The van der Waals surface area contributed by atoms with Gasteiger partial charge in [-0.25, -0.2) is 9.78 Å². The highest BCUT2D eigenvalue weighted by Gasteiger charge is 2.28. The van der Waals surface area contributed by atoms with Crippen molar-refractivity contribution in [3.8, 4) is 11.5 Å². The number of nitrogens with one attached hydrogen (secondary N) is 1. The Morgan fingerprint density at radius 2 is 1.93 bits per heavy atom. The number of carbonyl (C=O) groups excluding carboxylic acids is 1. The number of anilines is 1. The monoisotopic (exact) mass is 404 g/mol. The number of halogens is 3. The number of hydrogen-bond acceptors (Lipinski definition) is 6. The van der Waals surface area contributed by atoms with Crippen molar-refractivity contribution in [1.82, 2.24) is 4.98 Å². The van der Waals surface area contributed by atoms with Crippen molar-refractivity contribution in [1.29, 1.82) is 0 Å². The van der Waals surface area contributed by atoms with E-state index in [0.717, 1.165) is 23.6 Å².